The summed E-state index contributed by atoms with van der Waals surface area (Å²) in [4.78, 5) is 2.37. The lowest BCUT2D eigenvalue weighted by Crippen LogP contribution is -2.22. The summed E-state index contributed by atoms with van der Waals surface area (Å²) >= 11 is 0. The van der Waals surface area contributed by atoms with Gasteiger partial charge in [0, 0.05) is 19.2 Å². The van der Waals surface area contributed by atoms with E-state index in [1.54, 1.807) is 6.26 Å². The highest BCUT2D eigenvalue weighted by Crippen LogP contribution is 2.16. The Morgan fingerprint density at radius 2 is 2.62 bits per heavy atom. The molecule has 13 heavy (non-hydrogen) atoms. The Hall–Kier alpha value is -0.870. The maximum Gasteiger partial charge on any atom is 0.124 e. The van der Waals surface area contributed by atoms with Crippen LogP contribution < -0.4 is 5.73 Å². The van der Waals surface area contributed by atoms with Crippen molar-refractivity contribution in [3.63, 3.8) is 0 Å². The van der Waals surface area contributed by atoms with Gasteiger partial charge < -0.3 is 10.3 Å². The second-order valence-electron chi connectivity index (χ2n) is 3.62. The van der Waals surface area contributed by atoms with E-state index in [2.05, 4.69) is 10.1 Å². The first-order chi connectivity index (χ1) is 6.38. The van der Waals surface area contributed by atoms with Crippen LogP contribution in [0.1, 0.15) is 12.1 Å². The SMILES string of the molecule is NCC1CCN(Cc2ccon2)C1. The van der Waals surface area contributed by atoms with Crippen LogP contribution in [0.4, 0.5) is 0 Å². The summed E-state index contributed by atoms with van der Waals surface area (Å²) in [6, 6.07) is 1.91. The normalized spacial score (nSPS) is 23.9. The quantitative estimate of drug-likeness (QED) is 0.735. The van der Waals surface area contributed by atoms with E-state index < -0.39 is 0 Å². The first-order valence-electron chi connectivity index (χ1n) is 4.70. The Kier molecular flexibility index (Phi) is 2.61. The number of aromatic nitrogens is 1. The minimum Gasteiger partial charge on any atom is -0.364 e. The van der Waals surface area contributed by atoms with Gasteiger partial charge in [-0.05, 0) is 25.4 Å². The molecule has 4 nitrogen and oxygen atoms in total. The van der Waals surface area contributed by atoms with Crippen molar-refractivity contribution in [2.24, 2.45) is 11.7 Å². The van der Waals surface area contributed by atoms with Crippen molar-refractivity contribution in [1.29, 1.82) is 0 Å². The number of likely N-dealkylation sites (tertiary alicyclic amines) is 1. The van der Waals surface area contributed by atoms with Crippen LogP contribution in [0.5, 0.6) is 0 Å². The molecule has 1 aromatic heterocycles. The van der Waals surface area contributed by atoms with Gasteiger partial charge in [0.1, 0.15) is 6.26 Å². The lowest BCUT2D eigenvalue weighted by atomic mass is 10.1. The molecule has 1 aliphatic rings. The highest BCUT2D eigenvalue weighted by atomic mass is 16.5. The molecule has 2 N–H and O–H groups in total. The van der Waals surface area contributed by atoms with E-state index in [-0.39, 0.29) is 0 Å². The fourth-order valence-electron chi connectivity index (χ4n) is 1.80. The Labute approximate surface area is 77.7 Å². The van der Waals surface area contributed by atoms with Crippen molar-refractivity contribution in [2.45, 2.75) is 13.0 Å². The molecule has 2 rings (SSSR count). The highest BCUT2D eigenvalue weighted by Gasteiger charge is 2.21. The fraction of sp³-hybridized carbons (Fsp3) is 0.667. The molecule has 1 fully saturated rings. The summed E-state index contributed by atoms with van der Waals surface area (Å²) in [6.45, 7) is 3.93. The Bertz CT molecular complexity index is 247. The maximum atomic E-state index is 5.61. The van der Waals surface area contributed by atoms with Crippen LogP contribution in [0.25, 0.3) is 0 Å². The smallest absolute Gasteiger partial charge is 0.124 e. The summed E-state index contributed by atoms with van der Waals surface area (Å²) in [5.41, 5.74) is 6.62. The van der Waals surface area contributed by atoms with Gasteiger partial charge in [0.25, 0.3) is 0 Å². The van der Waals surface area contributed by atoms with Crippen LogP contribution in [0.15, 0.2) is 16.9 Å². The van der Waals surface area contributed by atoms with Gasteiger partial charge >= 0.3 is 0 Å². The van der Waals surface area contributed by atoms with E-state index in [1.807, 2.05) is 6.07 Å². The number of nitrogens with two attached hydrogens (primary N) is 1. The molecule has 2 heterocycles. The zero-order valence-corrected chi connectivity index (χ0v) is 7.65. The Balaban J connectivity index is 1.84. The molecule has 0 saturated carbocycles. The molecule has 0 spiro atoms. The fourth-order valence-corrected chi connectivity index (χ4v) is 1.80. The van der Waals surface area contributed by atoms with Crippen LogP contribution in [-0.4, -0.2) is 29.7 Å². The van der Waals surface area contributed by atoms with E-state index in [0.717, 1.165) is 31.9 Å². The average Bonchev–Trinajstić information content (AvgIpc) is 2.76. The van der Waals surface area contributed by atoms with Crippen molar-refractivity contribution in [1.82, 2.24) is 10.1 Å². The molecule has 4 heteroatoms. The van der Waals surface area contributed by atoms with Gasteiger partial charge in [-0.1, -0.05) is 5.16 Å². The van der Waals surface area contributed by atoms with Gasteiger partial charge in [0.15, 0.2) is 0 Å². The molecule has 1 atom stereocenters. The van der Waals surface area contributed by atoms with Crippen molar-refractivity contribution < 1.29 is 4.52 Å². The second-order valence-corrected chi connectivity index (χ2v) is 3.62. The Morgan fingerprint density at radius 3 is 3.23 bits per heavy atom. The van der Waals surface area contributed by atoms with Gasteiger partial charge in [-0.15, -0.1) is 0 Å². The van der Waals surface area contributed by atoms with E-state index in [9.17, 15) is 0 Å². The van der Waals surface area contributed by atoms with Gasteiger partial charge in [-0.2, -0.15) is 0 Å². The zero-order chi connectivity index (χ0) is 9.10. The van der Waals surface area contributed by atoms with Crippen molar-refractivity contribution in [3.05, 3.63) is 18.0 Å². The molecule has 0 bridgehead atoms. The average molecular weight is 181 g/mol. The molecule has 0 radical (unpaired) electrons. The number of nitrogens with zero attached hydrogens (tertiary/aromatic N) is 2. The van der Waals surface area contributed by atoms with E-state index >= 15 is 0 Å². The first kappa shape index (κ1) is 8.72. The molecule has 0 amide bonds. The zero-order valence-electron chi connectivity index (χ0n) is 7.65. The van der Waals surface area contributed by atoms with E-state index in [4.69, 9.17) is 10.3 Å². The highest BCUT2D eigenvalue weighted by molar-refractivity contribution is 4.95. The van der Waals surface area contributed by atoms with Gasteiger partial charge in [-0.3, -0.25) is 4.90 Å². The summed E-state index contributed by atoms with van der Waals surface area (Å²) < 4.78 is 4.78. The number of rotatable bonds is 3. The van der Waals surface area contributed by atoms with E-state index in [0.29, 0.717) is 5.92 Å². The lowest BCUT2D eigenvalue weighted by Gasteiger charge is -2.12. The molecule has 72 valence electrons. The van der Waals surface area contributed by atoms with Gasteiger partial charge in [0.2, 0.25) is 0 Å². The summed E-state index contributed by atoms with van der Waals surface area (Å²) in [7, 11) is 0. The molecular formula is C9H15N3O. The van der Waals surface area contributed by atoms with Crippen LogP contribution in [0, 0.1) is 5.92 Å². The van der Waals surface area contributed by atoms with Crippen LogP contribution in [-0.2, 0) is 6.54 Å². The molecule has 0 aromatic carbocycles. The third-order valence-electron chi connectivity index (χ3n) is 2.58. The summed E-state index contributed by atoms with van der Waals surface area (Å²) in [6.07, 6.45) is 2.83. The molecular weight excluding hydrogens is 166 g/mol. The summed E-state index contributed by atoms with van der Waals surface area (Å²) in [5, 5.41) is 3.88. The third kappa shape index (κ3) is 2.08. The summed E-state index contributed by atoms with van der Waals surface area (Å²) in [5.74, 6) is 0.673. The van der Waals surface area contributed by atoms with Crippen molar-refractivity contribution in [3.8, 4) is 0 Å². The third-order valence-corrected chi connectivity index (χ3v) is 2.58. The lowest BCUT2D eigenvalue weighted by molar-refractivity contribution is 0.303. The largest absolute Gasteiger partial charge is 0.364 e. The van der Waals surface area contributed by atoms with Gasteiger partial charge in [-0.25, -0.2) is 0 Å². The van der Waals surface area contributed by atoms with Crippen molar-refractivity contribution >= 4 is 0 Å². The maximum absolute atomic E-state index is 5.61. The molecule has 1 aromatic rings. The first-order valence-corrected chi connectivity index (χ1v) is 4.70. The predicted octanol–water partition coefficient (Wildman–Crippen LogP) is 0.455. The van der Waals surface area contributed by atoms with Crippen LogP contribution >= 0.6 is 0 Å². The minimum absolute atomic E-state index is 0.673. The molecule has 1 saturated heterocycles. The van der Waals surface area contributed by atoms with Gasteiger partial charge in [0.05, 0.1) is 5.69 Å². The predicted molar refractivity (Wildman–Crippen MR) is 48.9 cm³/mol. The number of hydrogen-bond acceptors (Lipinski definition) is 4. The minimum atomic E-state index is 0.673. The van der Waals surface area contributed by atoms with Crippen LogP contribution in [0.3, 0.4) is 0 Å². The second kappa shape index (κ2) is 3.89. The molecule has 0 aliphatic carbocycles. The van der Waals surface area contributed by atoms with E-state index in [1.165, 1.54) is 6.42 Å². The standard InChI is InChI=1S/C9H15N3O/c10-5-8-1-3-12(6-8)7-9-2-4-13-11-9/h2,4,8H,1,3,5-7,10H2. The van der Waals surface area contributed by atoms with Crippen LogP contribution in [0.2, 0.25) is 0 Å². The Morgan fingerprint density at radius 1 is 1.69 bits per heavy atom. The monoisotopic (exact) mass is 181 g/mol. The number of hydrogen-bond donors (Lipinski definition) is 1. The molecule has 1 unspecified atom stereocenters. The molecule has 1 aliphatic heterocycles. The van der Waals surface area contributed by atoms with Crippen molar-refractivity contribution in [2.75, 3.05) is 19.6 Å². The topological polar surface area (TPSA) is 55.3 Å².